The molecule has 2 aliphatic heterocycles. The van der Waals surface area contributed by atoms with Crippen LogP contribution in [0.1, 0.15) is 31.2 Å². The largest absolute Gasteiger partial charge is 0.356 e. The molecule has 0 aromatic heterocycles. The van der Waals surface area contributed by atoms with Crippen molar-refractivity contribution in [2.45, 2.75) is 38.3 Å². The molecule has 0 amide bonds. The van der Waals surface area contributed by atoms with Crippen LogP contribution in [0.25, 0.3) is 0 Å². The van der Waals surface area contributed by atoms with Crippen molar-refractivity contribution in [2.24, 2.45) is 10.9 Å². The highest BCUT2D eigenvalue weighted by molar-refractivity contribution is 5.79. The molecule has 0 aliphatic carbocycles. The van der Waals surface area contributed by atoms with Crippen molar-refractivity contribution in [3.05, 3.63) is 35.9 Å². The molecule has 2 fully saturated rings. The Labute approximate surface area is 158 Å². The van der Waals surface area contributed by atoms with Gasteiger partial charge < -0.3 is 15.5 Å². The summed E-state index contributed by atoms with van der Waals surface area (Å²) in [6.07, 6.45) is 5.00. The minimum atomic E-state index is 0.530. The Hall–Kier alpha value is -1.59. The van der Waals surface area contributed by atoms with E-state index in [-0.39, 0.29) is 0 Å². The molecule has 2 aliphatic rings. The molecule has 2 N–H and O–H groups in total. The lowest BCUT2D eigenvalue weighted by Crippen LogP contribution is -2.50. The summed E-state index contributed by atoms with van der Waals surface area (Å²) in [5.41, 5.74) is 1.41. The fourth-order valence-corrected chi connectivity index (χ4v) is 4.15. The average Bonchev–Trinajstić information content (AvgIpc) is 2.67. The zero-order valence-corrected chi connectivity index (χ0v) is 16.5. The summed E-state index contributed by atoms with van der Waals surface area (Å²) >= 11 is 0. The molecule has 5 nitrogen and oxygen atoms in total. The molecule has 3 rings (SSSR count). The van der Waals surface area contributed by atoms with Gasteiger partial charge in [0, 0.05) is 45.8 Å². The summed E-state index contributed by atoms with van der Waals surface area (Å²) in [5.74, 6) is 1.71. The number of nitrogens with zero attached hydrogens (tertiary/aromatic N) is 3. The second-order valence-electron chi connectivity index (χ2n) is 7.90. The summed E-state index contributed by atoms with van der Waals surface area (Å²) in [6.45, 7) is 6.83. The van der Waals surface area contributed by atoms with Gasteiger partial charge in [-0.05, 0) is 50.8 Å². The van der Waals surface area contributed by atoms with Gasteiger partial charge >= 0.3 is 0 Å². The zero-order chi connectivity index (χ0) is 18.2. The maximum Gasteiger partial charge on any atom is 0.191 e. The first-order chi connectivity index (χ1) is 12.7. The molecule has 2 saturated heterocycles. The number of benzene rings is 1. The summed E-state index contributed by atoms with van der Waals surface area (Å²) in [7, 11) is 4.11. The van der Waals surface area contributed by atoms with Crippen LogP contribution in [-0.2, 0) is 6.54 Å². The first kappa shape index (κ1) is 19.2. The third kappa shape index (κ3) is 5.99. The van der Waals surface area contributed by atoms with E-state index >= 15 is 0 Å². The number of piperidine rings is 2. The Balaban J connectivity index is 1.37. The van der Waals surface area contributed by atoms with E-state index in [4.69, 9.17) is 0 Å². The van der Waals surface area contributed by atoms with Crippen molar-refractivity contribution in [2.75, 3.05) is 46.8 Å². The lowest BCUT2D eigenvalue weighted by atomic mass is 9.98. The number of rotatable bonds is 5. The van der Waals surface area contributed by atoms with Gasteiger partial charge in [0.05, 0.1) is 0 Å². The average molecular weight is 358 g/mol. The van der Waals surface area contributed by atoms with Gasteiger partial charge in [-0.2, -0.15) is 0 Å². The lowest BCUT2D eigenvalue weighted by Gasteiger charge is -2.34. The van der Waals surface area contributed by atoms with Crippen molar-refractivity contribution in [1.29, 1.82) is 0 Å². The van der Waals surface area contributed by atoms with Crippen LogP contribution in [0, 0.1) is 5.92 Å². The van der Waals surface area contributed by atoms with Gasteiger partial charge in [-0.1, -0.05) is 30.3 Å². The first-order valence-corrected chi connectivity index (χ1v) is 10.1. The number of hydrogen-bond acceptors (Lipinski definition) is 3. The van der Waals surface area contributed by atoms with E-state index in [0.29, 0.717) is 6.04 Å². The van der Waals surface area contributed by atoms with Gasteiger partial charge in [0.25, 0.3) is 0 Å². The second kappa shape index (κ2) is 9.93. The van der Waals surface area contributed by atoms with Gasteiger partial charge in [0.15, 0.2) is 5.96 Å². The van der Waals surface area contributed by atoms with Gasteiger partial charge in [-0.3, -0.25) is 9.89 Å². The molecule has 144 valence electrons. The van der Waals surface area contributed by atoms with Crippen LogP contribution in [0.2, 0.25) is 0 Å². The number of hydrogen-bond donors (Lipinski definition) is 2. The monoisotopic (exact) mass is 357 g/mol. The summed E-state index contributed by atoms with van der Waals surface area (Å²) in [5, 5.41) is 7.20. The number of aliphatic imine (C=N–C) groups is 1. The zero-order valence-electron chi connectivity index (χ0n) is 16.5. The Morgan fingerprint density at radius 2 is 1.88 bits per heavy atom. The van der Waals surface area contributed by atoms with E-state index in [9.17, 15) is 0 Å². The lowest BCUT2D eigenvalue weighted by molar-refractivity contribution is 0.197. The van der Waals surface area contributed by atoms with Crippen LogP contribution in [0.4, 0.5) is 0 Å². The molecule has 1 aromatic carbocycles. The number of nitrogens with one attached hydrogen (secondary N) is 2. The number of likely N-dealkylation sites (tertiary alicyclic amines) is 2. The SMILES string of the molecule is CN=C(NCC1CCCN(C)C1)NC1CCN(Cc2ccccc2)CC1. The Morgan fingerprint density at radius 3 is 2.58 bits per heavy atom. The van der Waals surface area contributed by atoms with E-state index < -0.39 is 0 Å². The van der Waals surface area contributed by atoms with Crippen LogP contribution in [0.3, 0.4) is 0 Å². The molecule has 5 heteroatoms. The maximum atomic E-state index is 4.44. The normalized spacial score (nSPS) is 23.8. The molecule has 1 aromatic rings. The predicted molar refractivity (Wildman–Crippen MR) is 109 cm³/mol. The fraction of sp³-hybridized carbons (Fsp3) is 0.667. The summed E-state index contributed by atoms with van der Waals surface area (Å²) < 4.78 is 0. The molecular weight excluding hydrogens is 322 g/mol. The Kier molecular flexibility index (Phi) is 7.32. The third-order valence-corrected chi connectivity index (χ3v) is 5.68. The molecule has 26 heavy (non-hydrogen) atoms. The molecule has 0 spiro atoms. The van der Waals surface area contributed by atoms with E-state index in [1.165, 1.54) is 44.3 Å². The summed E-state index contributed by atoms with van der Waals surface area (Å²) in [4.78, 5) is 9.44. The minimum absolute atomic E-state index is 0.530. The Bertz CT molecular complexity index is 551. The van der Waals surface area contributed by atoms with Gasteiger partial charge in [-0.15, -0.1) is 0 Å². The molecule has 2 heterocycles. The van der Waals surface area contributed by atoms with Gasteiger partial charge in [0.1, 0.15) is 0 Å². The molecule has 0 bridgehead atoms. The first-order valence-electron chi connectivity index (χ1n) is 10.1. The van der Waals surface area contributed by atoms with E-state index in [1.807, 2.05) is 7.05 Å². The van der Waals surface area contributed by atoms with Crippen molar-refractivity contribution in [1.82, 2.24) is 20.4 Å². The van der Waals surface area contributed by atoms with Gasteiger partial charge in [-0.25, -0.2) is 0 Å². The standard InChI is InChI=1S/C21H35N5/c1-22-21(23-15-19-9-6-12-25(2)16-19)24-20-10-13-26(14-11-20)17-18-7-4-3-5-8-18/h3-5,7-8,19-20H,6,9-17H2,1-2H3,(H2,22,23,24). The smallest absolute Gasteiger partial charge is 0.191 e. The molecular formula is C21H35N5. The fourth-order valence-electron chi connectivity index (χ4n) is 4.15. The highest BCUT2D eigenvalue weighted by atomic mass is 15.2. The third-order valence-electron chi connectivity index (χ3n) is 5.68. The van der Waals surface area contributed by atoms with Crippen LogP contribution in [0.15, 0.2) is 35.3 Å². The quantitative estimate of drug-likeness (QED) is 0.626. The van der Waals surface area contributed by atoms with Crippen molar-refractivity contribution in [3.8, 4) is 0 Å². The molecule has 1 unspecified atom stereocenters. The topological polar surface area (TPSA) is 42.9 Å². The number of guanidine groups is 1. The second-order valence-corrected chi connectivity index (χ2v) is 7.90. The van der Waals surface area contributed by atoms with Crippen molar-refractivity contribution in [3.63, 3.8) is 0 Å². The van der Waals surface area contributed by atoms with E-state index in [1.54, 1.807) is 0 Å². The minimum Gasteiger partial charge on any atom is -0.356 e. The van der Waals surface area contributed by atoms with Crippen LogP contribution in [0.5, 0.6) is 0 Å². The highest BCUT2D eigenvalue weighted by Gasteiger charge is 2.21. The molecule has 0 saturated carbocycles. The Morgan fingerprint density at radius 1 is 1.12 bits per heavy atom. The van der Waals surface area contributed by atoms with Crippen molar-refractivity contribution < 1.29 is 0 Å². The highest BCUT2D eigenvalue weighted by Crippen LogP contribution is 2.15. The maximum absolute atomic E-state index is 4.44. The van der Waals surface area contributed by atoms with Crippen LogP contribution in [-0.4, -0.2) is 68.6 Å². The van der Waals surface area contributed by atoms with Gasteiger partial charge in [0.2, 0.25) is 0 Å². The van der Waals surface area contributed by atoms with E-state index in [0.717, 1.165) is 38.1 Å². The van der Waals surface area contributed by atoms with E-state index in [2.05, 4.69) is 62.8 Å². The molecule has 0 radical (unpaired) electrons. The van der Waals surface area contributed by atoms with Crippen LogP contribution >= 0.6 is 0 Å². The predicted octanol–water partition coefficient (Wildman–Crippen LogP) is 2.16. The molecule has 1 atom stereocenters. The van der Waals surface area contributed by atoms with Crippen molar-refractivity contribution >= 4 is 5.96 Å². The summed E-state index contributed by atoms with van der Waals surface area (Å²) in [6, 6.07) is 11.3. The van der Waals surface area contributed by atoms with Crippen LogP contribution < -0.4 is 10.6 Å².